The van der Waals surface area contributed by atoms with E-state index in [9.17, 15) is 12.8 Å². The Bertz CT molecular complexity index is 745. The molecule has 2 rings (SSSR count). The van der Waals surface area contributed by atoms with Crippen LogP contribution < -0.4 is 10.5 Å². The van der Waals surface area contributed by atoms with Gasteiger partial charge in [-0.05, 0) is 41.1 Å². The van der Waals surface area contributed by atoms with E-state index in [2.05, 4.69) is 30.8 Å². The summed E-state index contributed by atoms with van der Waals surface area (Å²) < 4.78 is 40.6. The Labute approximate surface area is 123 Å². The van der Waals surface area contributed by atoms with E-state index in [-0.39, 0.29) is 27.3 Å². The molecule has 0 aliphatic carbocycles. The highest BCUT2D eigenvalue weighted by Gasteiger charge is 2.23. The number of rotatable bonds is 4. The lowest BCUT2D eigenvalue weighted by atomic mass is 10.3. The lowest BCUT2D eigenvalue weighted by molar-refractivity contribution is 0.599. The summed E-state index contributed by atoms with van der Waals surface area (Å²) >= 11 is 3.00. The molecular weight excluding hydrogens is 351 g/mol. The number of benzene rings is 1. The van der Waals surface area contributed by atoms with Gasteiger partial charge in [-0.3, -0.25) is 9.82 Å². The van der Waals surface area contributed by atoms with Gasteiger partial charge in [-0.2, -0.15) is 5.10 Å². The molecule has 108 valence electrons. The number of aromatic amines is 1. The highest BCUT2D eigenvalue weighted by molar-refractivity contribution is 9.10. The molecule has 20 heavy (non-hydrogen) atoms. The van der Waals surface area contributed by atoms with E-state index in [0.29, 0.717) is 5.69 Å². The summed E-state index contributed by atoms with van der Waals surface area (Å²) in [5.41, 5.74) is 6.18. The maximum Gasteiger partial charge on any atom is 0.265 e. The molecule has 0 radical (unpaired) electrons. The number of hydrogen-bond acceptors (Lipinski definition) is 4. The maximum absolute atomic E-state index is 13.4. The van der Waals surface area contributed by atoms with Crippen molar-refractivity contribution in [3.8, 4) is 0 Å². The maximum atomic E-state index is 13.4. The number of nitrogens with one attached hydrogen (secondary N) is 2. The van der Waals surface area contributed by atoms with Gasteiger partial charge in [0.2, 0.25) is 0 Å². The number of hydrogen-bond donors (Lipinski definition) is 3. The lowest BCUT2D eigenvalue weighted by Crippen LogP contribution is -2.16. The van der Waals surface area contributed by atoms with Gasteiger partial charge in [0, 0.05) is 6.54 Å². The number of halogens is 2. The SMILES string of the molecule is Cc1[nH]nc(CN)c1S(=O)(=O)Nc1ccc(Br)c(F)c1. The monoisotopic (exact) mass is 362 g/mol. The van der Waals surface area contributed by atoms with Gasteiger partial charge in [-0.15, -0.1) is 0 Å². The molecule has 0 aliphatic heterocycles. The molecule has 0 amide bonds. The quantitative estimate of drug-likeness (QED) is 0.772. The van der Waals surface area contributed by atoms with Gasteiger partial charge >= 0.3 is 0 Å². The molecule has 9 heteroatoms. The number of aromatic nitrogens is 2. The van der Waals surface area contributed by atoms with Crippen molar-refractivity contribution in [1.29, 1.82) is 0 Å². The molecule has 0 unspecified atom stereocenters. The van der Waals surface area contributed by atoms with Gasteiger partial charge in [0.15, 0.2) is 0 Å². The van der Waals surface area contributed by atoms with Crippen molar-refractivity contribution < 1.29 is 12.8 Å². The number of nitrogens with two attached hydrogens (primary N) is 1. The van der Waals surface area contributed by atoms with E-state index in [1.807, 2.05) is 0 Å². The fraction of sp³-hybridized carbons (Fsp3) is 0.182. The summed E-state index contributed by atoms with van der Waals surface area (Å²) in [6.45, 7) is 1.55. The second-order valence-electron chi connectivity index (χ2n) is 4.06. The number of anilines is 1. The van der Waals surface area contributed by atoms with Gasteiger partial charge in [-0.25, -0.2) is 12.8 Å². The van der Waals surface area contributed by atoms with E-state index in [1.54, 1.807) is 6.92 Å². The first kappa shape index (κ1) is 14.9. The molecule has 0 bridgehead atoms. The summed E-state index contributed by atoms with van der Waals surface area (Å²) in [5, 5.41) is 6.39. The average Bonchev–Trinajstić information content (AvgIpc) is 2.75. The Morgan fingerprint density at radius 2 is 2.20 bits per heavy atom. The minimum Gasteiger partial charge on any atom is -0.325 e. The van der Waals surface area contributed by atoms with Crippen molar-refractivity contribution in [2.45, 2.75) is 18.4 Å². The molecule has 4 N–H and O–H groups in total. The molecular formula is C11H12BrFN4O2S. The van der Waals surface area contributed by atoms with Gasteiger partial charge in [0.05, 0.1) is 21.5 Å². The first-order chi connectivity index (χ1) is 9.35. The molecule has 1 aromatic carbocycles. The molecule has 0 spiro atoms. The van der Waals surface area contributed by atoms with Crippen molar-refractivity contribution >= 4 is 31.6 Å². The normalized spacial score (nSPS) is 11.6. The summed E-state index contributed by atoms with van der Waals surface area (Å²) in [7, 11) is -3.88. The summed E-state index contributed by atoms with van der Waals surface area (Å²) in [4.78, 5) is -0.0108. The highest BCUT2D eigenvalue weighted by atomic mass is 79.9. The molecule has 0 aliphatic rings. The predicted molar refractivity (Wildman–Crippen MR) is 76.1 cm³/mol. The zero-order valence-corrected chi connectivity index (χ0v) is 12.8. The Hall–Kier alpha value is -1.45. The van der Waals surface area contributed by atoms with Crippen molar-refractivity contribution in [3.05, 3.63) is 39.9 Å². The first-order valence-electron chi connectivity index (χ1n) is 5.57. The lowest BCUT2D eigenvalue weighted by Gasteiger charge is -2.09. The molecule has 2 aromatic rings. The molecule has 0 saturated carbocycles. The van der Waals surface area contributed by atoms with E-state index in [4.69, 9.17) is 5.73 Å². The number of nitrogens with zero attached hydrogens (tertiary/aromatic N) is 1. The van der Waals surface area contributed by atoms with Gasteiger partial charge in [0.1, 0.15) is 10.7 Å². The van der Waals surface area contributed by atoms with E-state index < -0.39 is 15.8 Å². The minimum absolute atomic E-state index is 0.0108. The Morgan fingerprint density at radius 3 is 2.80 bits per heavy atom. The van der Waals surface area contributed by atoms with Crippen molar-refractivity contribution in [3.63, 3.8) is 0 Å². The van der Waals surface area contributed by atoms with Gasteiger partial charge in [0.25, 0.3) is 10.0 Å². The molecule has 0 fully saturated rings. The van der Waals surface area contributed by atoms with Crippen molar-refractivity contribution in [2.24, 2.45) is 5.73 Å². The molecule has 1 heterocycles. The summed E-state index contributed by atoms with van der Waals surface area (Å²) in [5.74, 6) is -0.562. The largest absolute Gasteiger partial charge is 0.325 e. The molecule has 1 aromatic heterocycles. The number of H-pyrrole nitrogens is 1. The fourth-order valence-electron chi connectivity index (χ4n) is 1.73. The van der Waals surface area contributed by atoms with E-state index >= 15 is 0 Å². The third kappa shape index (κ3) is 2.84. The third-order valence-corrected chi connectivity index (χ3v) is 4.82. The third-order valence-electron chi connectivity index (χ3n) is 2.60. The standard InChI is InChI=1S/C11H12BrFN4O2S/c1-6-11(10(5-14)16-15-6)20(18,19)17-7-2-3-8(12)9(13)4-7/h2-4,17H,5,14H2,1H3,(H,15,16). The Morgan fingerprint density at radius 1 is 1.50 bits per heavy atom. The highest BCUT2D eigenvalue weighted by Crippen LogP contribution is 2.24. The van der Waals surface area contributed by atoms with Crippen molar-refractivity contribution in [1.82, 2.24) is 10.2 Å². The zero-order chi connectivity index (χ0) is 14.9. The van der Waals surface area contributed by atoms with E-state index in [1.165, 1.54) is 12.1 Å². The van der Waals surface area contributed by atoms with Crippen LogP contribution in [-0.4, -0.2) is 18.6 Å². The predicted octanol–water partition coefficient (Wildman–Crippen LogP) is 1.88. The van der Waals surface area contributed by atoms with Crippen LogP contribution in [0.4, 0.5) is 10.1 Å². The van der Waals surface area contributed by atoms with Crippen LogP contribution in [0.5, 0.6) is 0 Å². The topological polar surface area (TPSA) is 101 Å². The van der Waals surface area contributed by atoms with Crippen LogP contribution in [-0.2, 0) is 16.6 Å². The van der Waals surface area contributed by atoms with Gasteiger partial charge < -0.3 is 5.73 Å². The molecule has 0 atom stereocenters. The fourth-order valence-corrected chi connectivity index (χ4v) is 3.40. The van der Waals surface area contributed by atoms with Crippen LogP contribution in [0.3, 0.4) is 0 Å². The van der Waals surface area contributed by atoms with Crippen LogP contribution in [0.1, 0.15) is 11.4 Å². The summed E-state index contributed by atoms with van der Waals surface area (Å²) in [6, 6.07) is 3.95. The smallest absolute Gasteiger partial charge is 0.265 e. The second kappa shape index (κ2) is 5.51. The van der Waals surface area contributed by atoms with Crippen LogP contribution in [0.25, 0.3) is 0 Å². The van der Waals surface area contributed by atoms with E-state index in [0.717, 1.165) is 6.07 Å². The zero-order valence-electron chi connectivity index (χ0n) is 10.4. The Kier molecular flexibility index (Phi) is 4.11. The van der Waals surface area contributed by atoms with Crippen molar-refractivity contribution in [2.75, 3.05) is 4.72 Å². The van der Waals surface area contributed by atoms with Crippen LogP contribution in [0, 0.1) is 12.7 Å². The molecule has 0 saturated heterocycles. The van der Waals surface area contributed by atoms with Gasteiger partial charge in [-0.1, -0.05) is 0 Å². The molecule has 6 nitrogen and oxygen atoms in total. The minimum atomic E-state index is -3.88. The van der Waals surface area contributed by atoms with Crippen LogP contribution >= 0.6 is 15.9 Å². The number of aryl methyl sites for hydroxylation is 1. The average molecular weight is 363 g/mol. The number of sulfonamides is 1. The first-order valence-corrected chi connectivity index (χ1v) is 7.84. The van der Waals surface area contributed by atoms with Crippen LogP contribution in [0.15, 0.2) is 27.6 Å². The summed E-state index contributed by atoms with van der Waals surface area (Å²) in [6.07, 6.45) is 0. The Balaban J connectivity index is 2.40. The second-order valence-corrected chi connectivity index (χ2v) is 6.54. The van der Waals surface area contributed by atoms with Crippen LogP contribution in [0.2, 0.25) is 0 Å².